The van der Waals surface area contributed by atoms with E-state index in [1.165, 1.54) is 43.2 Å². The molecule has 3 N–H and O–H groups in total. The van der Waals surface area contributed by atoms with Crippen LogP contribution in [-0.4, -0.2) is 21.0 Å². The highest BCUT2D eigenvalue weighted by atomic mass is 15.2. The van der Waals surface area contributed by atoms with Crippen LogP contribution in [0.2, 0.25) is 0 Å². The molecule has 41 heavy (non-hydrogen) atoms. The predicted octanol–water partition coefficient (Wildman–Crippen LogP) is 8.29. The molecule has 0 spiro atoms. The molecule has 206 valence electrons. The highest BCUT2D eigenvalue weighted by Crippen LogP contribution is 2.22. The lowest BCUT2D eigenvalue weighted by molar-refractivity contribution is 0.460. The SMILES string of the molecule is c1ccc(Nc2ccc(Cc3nc(Cc4ccc(Nc5ccccc5)cc4)nc(NC4CCCCC4)n3)cc2)cc1. The van der Waals surface area contributed by atoms with Crippen molar-refractivity contribution in [1.29, 1.82) is 0 Å². The van der Waals surface area contributed by atoms with Crippen molar-refractivity contribution in [3.8, 4) is 0 Å². The molecule has 1 aliphatic rings. The molecule has 1 saturated carbocycles. The van der Waals surface area contributed by atoms with Gasteiger partial charge in [-0.05, 0) is 72.5 Å². The number of para-hydroxylation sites is 2. The first-order valence-corrected chi connectivity index (χ1v) is 14.6. The van der Waals surface area contributed by atoms with E-state index in [9.17, 15) is 0 Å². The predicted molar refractivity (Wildman–Crippen MR) is 168 cm³/mol. The van der Waals surface area contributed by atoms with Crippen molar-refractivity contribution in [2.45, 2.75) is 51.0 Å². The molecule has 1 fully saturated rings. The van der Waals surface area contributed by atoms with Crippen molar-refractivity contribution in [2.24, 2.45) is 0 Å². The summed E-state index contributed by atoms with van der Waals surface area (Å²) in [6.45, 7) is 0. The summed E-state index contributed by atoms with van der Waals surface area (Å²) in [7, 11) is 0. The molecule has 1 aliphatic carbocycles. The molecular formula is C35H36N6. The van der Waals surface area contributed by atoms with E-state index >= 15 is 0 Å². The Morgan fingerprint density at radius 2 is 0.927 bits per heavy atom. The maximum atomic E-state index is 4.90. The molecule has 0 unspecified atom stereocenters. The van der Waals surface area contributed by atoms with E-state index < -0.39 is 0 Å². The first kappa shape index (κ1) is 26.5. The number of hydrogen-bond acceptors (Lipinski definition) is 6. The largest absolute Gasteiger partial charge is 0.356 e. The van der Waals surface area contributed by atoms with Crippen molar-refractivity contribution in [3.05, 3.63) is 132 Å². The van der Waals surface area contributed by atoms with E-state index in [0.717, 1.165) is 34.4 Å². The number of benzene rings is 4. The van der Waals surface area contributed by atoms with Crippen LogP contribution in [0.5, 0.6) is 0 Å². The van der Waals surface area contributed by atoms with Gasteiger partial charge in [-0.15, -0.1) is 0 Å². The maximum Gasteiger partial charge on any atom is 0.226 e. The molecule has 1 heterocycles. The van der Waals surface area contributed by atoms with Gasteiger partial charge in [0.05, 0.1) is 0 Å². The summed E-state index contributed by atoms with van der Waals surface area (Å²) in [5, 5.41) is 10.5. The zero-order chi connectivity index (χ0) is 27.7. The molecule has 0 bridgehead atoms. The van der Waals surface area contributed by atoms with Crippen molar-refractivity contribution >= 4 is 28.7 Å². The summed E-state index contributed by atoms with van der Waals surface area (Å²) in [5.74, 6) is 2.28. The van der Waals surface area contributed by atoms with Crippen LogP contribution in [0.1, 0.15) is 54.9 Å². The molecule has 0 atom stereocenters. The van der Waals surface area contributed by atoms with Crippen LogP contribution < -0.4 is 16.0 Å². The summed E-state index contributed by atoms with van der Waals surface area (Å²) in [6, 6.07) is 37.8. The van der Waals surface area contributed by atoms with Crippen LogP contribution in [0.3, 0.4) is 0 Å². The summed E-state index contributed by atoms with van der Waals surface area (Å²) in [6.07, 6.45) is 7.48. The number of rotatable bonds is 10. The Morgan fingerprint density at radius 1 is 0.488 bits per heavy atom. The van der Waals surface area contributed by atoms with Gasteiger partial charge in [0, 0.05) is 41.6 Å². The Morgan fingerprint density at radius 3 is 1.39 bits per heavy atom. The average Bonchev–Trinajstić information content (AvgIpc) is 3.01. The summed E-state index contributed by atoms with van der Waals surface area (Å²) < 4.78 is 0. The minimum absolute atomic E-state index is 0.429. The van der Waals surface area contributed by atoms with E-state index in [0.29, 0.717) is 24.8 Å². The van der Waals surface area contributed by atoms with Crippen LogP contribution in [0.4, 0.5) is 28.7 Å². The second-order valence-corrected chi connectivity index (χ2v) is 10.7. The van der Waals surface area contributed by atoms with Crippen molar-refractivity contribution in [1.82, 2.24) is 15.0 Å². The van der Waals surface area contributed by atoms with E-state index in [4.69, 9.17) is 15.0 Å². The Kier molecular flexibility index (Phi) is 8.47. The molecule has 1 aromatic heterocycles. The number of nitrogens with one attached hydrogen (secondary N) is 3. The molecule has 0 amide bonds. The Bertz CT molecular complexity index is 1410. The van der Waals surface area contributed by atoms with Crippen LogP contribution in [0.25, 0.3) is 0 Å². The van der Waals surface area contributed by atoms with E-state index in [1.807, 2.05) is 36.4 Å². The highest BCUT2D eigenvalue weighted by Gasteiger charge is 2.16. The highest BCUT2D eigenvalue weighted by molar-refractivity contribution is 5.60. The van der Waals surface area contributed by atoms with Gasteiger partial charge in [-0.1, -0.05) is 79.9 Å². The monoisotopic (exact) mass is 540 g/mol. The molecule has 0 aliphatic heterocycles. The second kappa shape index (κ2) is 13.1. The van der Waals surface area contributed by atoms with Crippen LogP contribution in [0, 0.1) is 0 Å². The van der Waals surface area contributed by atoms with Crippen molar-refractivity contribution in [3.63, 3.8) is 0 Å². The maximum absolute atomic E-state index is 4.90. The first-order valence-electron chi connectivity index (χ1n) is 14.6. The van der Waals surface area contributed by atoms with E-state index in [1.54, 1.807) is 0 Å². The van der Waals surface area contributed by atoms with Crippen molar-refractivity contribution in [2.75, 3.05) is 16.0 Å². The van der Waals surface area contributed by atoms with Gasteiger partial charge in [-0.3, -0.25) is 0 Å². The van der Waals surface area contributed by atoms with E-state index in [2.05, 4.69) is 88.7 Å². The van der Waals surface area contributed by atoms with Gasteiger partial charge in [0.25, 0.3) is 0 Å². The third-order valence-corrected chi connectivity index (χ3v) is 7.42. The fourth-order valence-electron chi connectivity index (χ4n) is 5.27. The average molecular weight is 541 g/mol. The molecule has 4 aromatic carbocycles. The zero-order valence-electron chi connectivity index (χ0n) is 23.3. The lowest BCUT2D eigenvalue weighted by atomic mass is 9.96. The normalized spacial score (nSPS) is 13.5. The minimum Gasteiger partial charge on any atom is -0.356 e. The van der Waals surface area contributed by atoms with Crippen LogP contribution >= 0.6 is 0 Å². The van der Waals surface area contributed by atoms with Gasteiger partial charge < -0.3 is 16.0 Å². The van der Waals surface area contributed by atoms with Gasteiger partial charge in [0.2, 0.25) is 5.95 Å². The first-order chi connectivity index (χ1) is 20.2. The molecule has 6 heteroatoms. The lowest BCUT2D eigenvalue weighted by Gasteiger charge is -2.23. The van der Waals surface area contributed by atoms with Gasteiger partial charge in [-0.25, -0.2) is 4.98 Å². The Labute approximate surface area is 242 Å². The molecule has 5 aromatic rings. The number of hydrogen-bond donors (Lipinski definition) is 3. The van der Waals surface area contributed by atoms with Crippen LogP contribution in [0.15, 0.2) is 109 Å². The Hall–Kier alpha value is -4.71. The summed E-state index contributed by atoms with van der Waals surface area (Å²) in [5.41, 5.74) is 6.60. The van der Waals surface area contributed by atoms with Crippen LogP contribution in [-0.2, 0) is 12.8 Å². The topological polar surface area (TPSA) is 74.8 Å². The Balaban J connectivity index is 1.17. The summed E-state index contributed by atoms with van der Waals surface area (Å²) in [4.78, 5) is 14.6. The fraction of sp³-hybridized carbons (Fsp3) is 0.229. The molecule has 6 rings (SSSR count). The molecule has 0 radical (unpaired) electrons. The minimum atomic E-state index is 0.429. The molecule has 6 nitrogen and oxygen atoms in total. The quantitative estimate of drug-likeness (QED) is 0.165. The third-order valence-electron chi connectivity index (χ3n) is 7.42. The van der Waals surface area contributed by atoms with Gasteiger partial charge in [0.15, 0.2) is 0 Å². The standard InChI is InChI=1S/C35H36N6/c1-4-10-28(11-5-1)36-31-20-16-26(17-21-31)24-33-39-34(41-35(40-33)38-30-14-8-3-9-15-30)25-27-18-22-32(23-19-27)37-29-12-6-2-7-13-29/h1-2,4-7,10-13,16-23,30,36-37H,3,8-9,14-15,24-25H2,(H,38,39,40,41). The van der Waals surface area contributed by atoms with Gasteiger partial charge >= 0.3 is 0 Å². The number of nitrogens with zero attached hydrogens (tertiary/aromatic N) is 3. The fourth-order valence-corrected chi connectivity index (χ4v) is 5.27. The second-order valence-electron chi connectivity index (χ2n) is 10.7. The number of anilines is 5. The molecular weight excluding hydrogens is 504 g/mol. The van der Waals surface area contributed by atoms with Gasteiger partial charge in [-0.2, -0.15) is 9.97 Å². The van der Waals surface area contributed by atoms with Gasteiger partial charge in [0.1, 0.15) is 11.6 Å². The molecule has 0 saturated heterocycles. The number of aromatic nitrogens is 3. The van der Waals surface area contributed by atoms with E-state index in [-0.39, 0.29) is 0 Å². The third kappa shape index (κ3) is 7.70. The lowest BCUT2D eigenvalue weighted by Crippen LogP contribution is -2.24. The van der Waals surface area contributed by atoms with Crippen molar-refractivity contribution < 1.29 is 0 Å². The smallest absolute Gasteiger partial charge is 0.226 e. The zero-order valence-corrected chi connectivity index (χ0v) is 23.3. The summed E-state index contributed by atoms with van der Waals surface area (Å²) >= 11 is 0.